The monoisotopic (exact) mass is 386 g/mol. The largest absolute Gasteiger partial charge is 0.361 e. The molecule has 0 saturated heterocycles. The zero-order valence-corrected chi connectivity index (χ0v) is 12.5. The summed E-state index contributed by atoms with van der Waals surface area (Å²) in [6, 6.07) is 2.16. The maximum absolute atomic E-state index is 11.1. The van der Waals surface area contributed by atoms with Crippen LogP contribution in [0.25, 0.3) is 0 Å². The number of nitrogens with one attached hydrogen (secondary N) is 2. The minimum atomic E-state index is -4.56. The van der Waals surface area contributed by atoms with Crippen LogP contribution in [-0.2, 0) is 10.3 Å². The predicted molar refractivity (Wildman–Crippen MR) is 70.3 cm³/mol. The molecule has 0 aliphatic heterocycles. The Balaban J connectivity index is 2.86. The highest BCUT2D eigenvalue weighted by atomic mass is 79.9. The number of benzene rings is 1. The van der Waals surface area contributed by atoms with E-state index in [1.165, 1.54) is 4.72 Å². The molecule has 0 heterocycles. The molecular weight excluding hydrogens is 380 g/mol. The Morgan fingerprint density at radius 3 is 2.18 bits per heavy atom. The standard InChI is InChI=1S/C8H8Br2N2O4S/c1-4-6(9)2-5(3-7(4)10)11-8(13)12-17(14,15)16/h2-3H,1H3,(H2,11,12,13)(H,14,15,16). The van der Waals surface area contributed by atoms with Crippen molar-refractivity contribution in [1.29, 1.82) is 0 Å². The maximum atomic E-state index is 11.1. The number of hydrogen-bond acceptors (Lipinski definition) is 3. The van der Waals surface area contributed by atoms with Gasteiger partial charge in [-0.2, -0.15) is 8.42 Å². The van der Waals surface area contributed by atoms with Crippen molar-refractivity contribution in [2.24, 2.45) is 0 Å². The molecule has 0 saturated carbocycles. The van der Waals surface area contributed by atoms with Crippen molar-refractivity contribution < 1.29 is 17.8 Å². The molecule has 17 heavy (non-hydrogen) atoms. The molecular formula is C8H8Br2N2O4S. The lowest BCUT2D eigenvalue weighted by atomic mass is 10.2. The van der Waals surface area contributed by atoms with Crippen LogP contribution in [0.2, 0.25) is 0 Å². The lowest BCUT2D eigenvalue weighted by Crippen LogP contribution is -2.33. The number of rotatable bonds is 2. The third-order valence-electron chi connectivity index (χ3n) is 1.76. The minimum Gasteiger partial charge on any atom is -0.307 e. The first-order chi connectivity index (χ1) is 7.69. The van der Waals surface area contributed by atoms with E-state index in [1.54, 1.807) is 12.1 Å². The summed E-state index contributed by atoms with van der Waals surface area (Å²) in [5.41, 5.74) is 1.31. The molecule has 0 aliphatic rings. The Labute approximate surface area is 115 Å². The zero-order chi connectivity index (χ0) is 13.2. The van der Waals surface area contributed by atoms with Crippen molar-refractivity contribution >= 4 is 53.9 Å². The van der Waals surface area contributed by atoms with E-state index in [4.69, 9.17) is 4.55 Å². The summed E-state index contributed by atoms with van der Waals surface area (Å²) in [6.07, 6.45) is 0. The van der Waals surface area contributed by atoms with Gasteiger partial charge >= 0.3 is 16.3 Å². The first-order valence-electron chi connectivity index (χ1n) is 4.21. The third kappa shape index (κ3) is 4.62. The topological polar surface area (TPSA) is 95.5 Å². The quantitative estimate of drug-likeness (QED) is 0.679. The molecule has 1 rings (SSSR count). The second-order valence-corrected chi connectivity index (χ2v) is 5.96. The molecule has 0 fully saturated rings. The van der Waals surface area contributed by atoms with Gasteiger partial charge in [0.25, 0.3) is 0 Å². The fraction of sp³-hybridized carbons (Fsp3) is 0.125. The van der Waals surface area contributed by atoms with Crippen LogP contribution in [0.4, 0.5) is 10.5 Å². The van der Waals surface area contributed by atoms with Crippen LogP contribution in [0.1, 0.15) is 5.56 Å². The van der Waals surface area contributed by atoms with Gasteiger partial charge in [0.2, 0.25) is 0 Å². The molecule has 1 aromatic rings. The highest BCUT2D eigenvalue weighted by molar-refractivity contribution is 9.11. The van der Waals surface area contributed by atoms with E-state index < -0.39 is 16.3 Å². The van der Waals surface area contributed by atoms with Crippen molar-refractivity contribution in [3.8, 4) is 0 Å². The number of hydrogen-bond donors (Lipinski definition) is 3. The summed E-state index contributed by atoms with van der Waals surface area (Å²) in [6.45, 7) is 1.86. The van der Waals surface area contributed by atoms with Crippen LogP contribution in [0.15, 0.2) is 21.1 Å². The van der Waals surface area contributed by atoms with Gasteiger partial charge in [0, 0.05) is 14.6 Å². The molecule has 3 N–H and O–H groups in total. The number of carbonyl (C=O) groups excluding carboxylic acids is 1. The first-order valence-corrected chi connectivity index (χ1v) is 7.23. The molecule has 0 bridgehead atoms. The van der Waals surface area contributed by atoms with Crippen molar-refractivity contribution in [2.75, 3.05) is 5.32 Å². The van der Waals surface area contributed by atoms with E-state index in [2.05, 4.69) is 37.2 Å². The average molecular weight is 388 g/mol. The number of anilines is 1. The molecule has 0 unspecified atom stereocenters. The van der Waals surface area contributed by atoms with Crippen molar-refractivity contribution in [2.45, 2.75) is 6.92 Å². The smallest absolute Gasteiger partial charge is 0.307 e. The highest BCUT2D eigenvalue weighted by Gasteiger charge is 2.11. The predicted octanol–water partition coefficient (Wildman–Crippen LogP) is 2.44. The molecule has 2 amide bonds. The van der Waals surface area contributed by atoms with Crippen LogP contribution in [0, 0.1) is 6.92 Å². The van der Waals surface area contributed by atoms with Crippen LogP contribution in [0.5, 0.6) is 0 Å². The molecule has 0 radical (unpaired) electrons. The second kappa shape index (κ2) is 5.34. The third-order valence-corrected chi connectivity index (χ3v) is 3.85. The molecule has 0 spiro atoms. The first kappa shape index (κ1) is 14.4. The Bertz CT molecular complexity index is 536. The zero-order valence-electron chi connectivity index (χ0n) is 8.49. The summed E-state index contributed by atoms with van der Waals surface area (Å²) >= 11 is 6.56. The van der Waals surface area contributed by atoms with Crippen molar-refractivity contribution in [3.05, 3.63) is 26.6 Å². The van der Waals surface area contributed by atoms with Gasteiger partial charge in [-0.15, -0.1) is 0 Å². The van der Waals surface area contributed by atoms with E-state index in [0.717, 1.165) is 14.5 Å². The molecule has 9 heteroatoms. The Hall–Kier alpha value is -0.640. The number of carbonyl (C=O) groups is 1. The molecule has 0 aliphatic carbocycles. The average Bonchev–Trinajstić information content (AvgIpc) is 2.10. The normalized spacial score (nSPS) is 11.1. The number of urea groups is 1. The SMILES string of the molecule is Cc1c(Br)cc(NC(=O)NS(=O)(=O)O)cc1Br. The van der Waals surface area contributed by atoms with Gasteiger partial charge in [0.1, 0.15) is 0 Å². The van der Waals surface area contributed by atoms with Crippen LogP contribution in [-0.4, -0.2) is 19.0 Å². The van der Waals surface area contributed by atoms with Gasteiger partial charge in [-0.25, -0.2) is 9.52 Å². The van der Waals surface area contributed by atoms with Gasteiger partial charge in [0.05, 0.1) is 0 Å². The summed E-state index contributed by atoms with van der Waals surface area (Å²) < 4.78 is 32.0. The van der Waals surface area contributed by atoms with E-state index in [-0.39, 0.29) is 0 Å². The summed E-state index contributed by atoms with van der Waals surface area (Å²) in [5.74, 6) is 0. The number of amides is 2. The van der Waals surface area contributed by atoms with Gasteiger partial charge < -0.3 is 5.32 Å². The highest BCUT2D eigenvalue weighted by Crippen LogP contribution is 2.28. The minimum absolute atomic E-state index is 0.371. The summed E-state index contributed by atoms with van der Waals surface area (Å²) in [4.78, 5) is 11.1. The van der Waals surface area contributed by atoms with Crippen LogP contribution >= 0.6 is 31.9 Å². The molecule has 1 aromatic carbocycles. The van der Waals surface area contributed by atoms with E-state index in [1.807, 2.05) is 6.92 Å². The Morgan fingerprint density at radius 1 is 1.29 bits per heavy atom. The molecule has 0 aromatic heterocycles. The number of halogens is 2. The van der Waals surface area contributed by atoms with Crippen molar-refractivity contribution in [1.82, 2.24) is 4.72 Å². The summed E-state index contributed by atoms with van der Waals surface area (Å²) in [7, 11) is -4.56. The Kier molecular flexibility index (Phi) is 4.53. The Morgan fingerprint density at radius 2 is 1.76 bits per heavy atom. The van der Waals surface area contributed by atoms with Crippen LogP contribution < -0.4 is 10.0 Å². The molecule has 6 nitrogen and oxygen atoms in total. The van der Waals surface area contributed by atoms with E-state index >= 15 is 0 Å². The second-order valence-electron chi connectivity index (χ2n) is 3.10. The van der Waals surface area contributed by atoms with Crippen molar-refractivity contribution in [3.63, 3.8) is 0 Å². The fourth-order valence-corrected chi connectivity index (χ4v) is 2.46. The van der Waals surface area contributed by atoms with Crippen LogP contribution in [0.3, 0.4) is 0 Å². The maximum Gasteiger partial charge on any atom is 0.361 e. The van der Waals surface area contributed by atoms with Gasteiger partial charge in [-0.3, -0.25) is 4.55 Å². The lowest BCUT2D eigenvalue weighted by Gasteiger charge is -2.08. The van der Waals surface area contributed by atoms with Gasteiger partial charge in [-0.05, 0) is 24.6 Å². The van der Waals surface area contributed by atoms with Gasteiger partial charge in [-0.1, -0.05) is 31.9 Å². The van der Waals surface area contributed by atoms with Gasteiger partial charge in [0.15, 0.2) is 0 Å². The molecule has 0 atom stereocenters. The lowest BCUT2D eigenvalue weighted by molar-refractivity contribution is 0.255. The molecule has 94 valence electrons. The van der Waals surface area contributed by atoms with E-state index in [9.17, 15) is 13.2 Å². The fourth-order valence-electron chi connectivity index (χ4n) is 0.991. The van der Waals surface area contributed by atoms with E-state index in [0.29, 0.717) is 5.69 Å². The summed E-state index contributed by atoms with van der Waals surface area (Å²) in [5, 5.41) is 2.26.